The molecule has 10 heavy (non-hydrogen) atoms. The molecule has 1 heterocycles. The SMILES string of the molecule is Cl.Fc1cnc(F)c(F)n1. The Morgan fingerprint density at radius 2 is 1.70 bits per heavy atom. The van der Waals surface area contributed by atoms with Crippen molar-refractivity contribution < 1.29 is 13.2 Å². The van der Waals surface area contributed by atoms with Crippen molar-refractivity contribution in [2.24, 2.45) is 0 Å². The molecule has 0 amide bonds. The summed E-state index contributed by atoms with van der Waals surface area (Å²) in [6.07, 6.45) is 0.498. The zero-order chi connectivity index (χ0) is 6.85. The lowest BCUT2D eigenvalue weighted by atomic mass is 10.7. The zero-order valence-corrected chi connectivity index (χ0v) is 5.33. The molecule has 0 bridgehead atoms. The van der Waals surface area contributed by atoms with Crippen molar-refractivity contribution >= 4 is 12.4 Å². The highest BCUT2D eigenvalue weighted by atomic mass is 35.5. The fourth-order valence-electron chi connectivity index (χ4n) is 0.332. The number of nitrogens with zero attached hydrogens (tertiary/aromatic N) is 2. The first-order valence-electron chi connectivity index (χ1n) is 2.03. The van der Waals surface area contributed by atoms with Crippen LogP contribution >= 0.6 is 12.4 Å². The normalized spacial score (nSPS) is 8.70. The average Bonchev–Trinajstić information content (AvgIpc) is 1.80. The van der Waals surface area contributed by atoms with Crippen LogP contribution in [0.15, 0.2) is 6.20 Å². The summed E-state index contributed by atoms with van der Waals surface area (Å²) in [6, 6.07) is 0. The molecule has 0 aliphatic rings. The van der Waals surface area contributed by atoms with Gasteiger partial charge in [0.1, 0.15) is 0 Å². The number of hydrogen-bond donors (Lipinski definition) is 0. The summed E-state index contributed by atoms with van der Waals surface area (Å²) in [5, 5.41) is 0. The summed E-state index contributed by atoms with van der Waals surface area (Å²) in [6.45, 7) is 0. The van der Waals surface area contributed by atoms with Crippen LogP contribution in [0, 0.1) is 17.8 Å². The van der Waals surface area contributed by atoms with Crippen LogP contribution in [0.25, 0.3) is 0 Å². The Bertz CT molecular complexity index is 230. The maximum absolute atomic E-state index is 11.8. The van der Waals surface area contributed by atoms with Crippen molar-refractivity contribution in [1.29, 1.82) is 0 Å². The van der Waals surface area contributed by atoms with Crippen LogP contribution in [-0.2, 0) is 0 Å². The Kier molecular flexibility index (Phi) is 3.08. The van der Waals surface area contributed by atoms with E-state index in [1.54, 1.807) is 0 Å². The van der Waals surface area contributed by atoms with Crippen molar-refractivity contribution in [3.05, 3.63) is 24.0 Å². The van der Waals surface area contributed by atoms with E-state index in [2.05, 4.69) is 9.97 Å². The monoisotopic (exact) mass is 170 g/mol. The van der Waals surface area contributed by atoms with E-state index in [1.807, 2.05) is 0 Å². The fourth-order valence-corrected chi connectivity index (χ4v) is 0.332. The highest BCUT2D eigenvalue weighted by Crippen LogP contribution is 1.97. The Hall–Kier alpha value is -0.840. The van der Waals surface area contributed by atoms with E-state index >= 15 is 0 Å². The predicted molar refractivity (Wildman–Crippen MR) is 29.2 cm³/mol. The molecular weight excluding hydrogens is 169 g/mol. The van der Waals surface area contributed by atoms with E-state index < -0.39 is 17.8 Å². The van der Waals surface area contributed by atoms with Crippen molar-refractivity contribution in [2.45, 2.75) is 0 Å². The minimum atomic E-state index is -1.52. The van der Waals surface area contributed by atoms with Gasteiger partial charge in [-0.25, -0.2) is 4.98 Å². The summed E-state index contributed by atoms with van der Waals surface area (Å²) in [7, 11) is 0. The van der Waals surface area contributed by atoms with Crippen molar-refractivity contribution in [3.63, 3.8) is 0 Å². The molecule has 1 rings (SSSR count). The topological polar surface area (TPSA) is 25.8 Å². The molecule has 0 atom stereocenters. The molecule has 0 spiro atoms. The molecule has 2 nitrogen and oxygen atoms in total. The molecule has 0 aliphatic heterocycles. The molecule has 0 radical (unpaired) electrons. The van der Waals surface area contributed by atoms with Gasteiger partial charge in [0.25, 0.3) is 11.9 Å². The fraction of sp³-hybridized carbons (Fsp3) is 0. The molecule has 6 heteroatoms. The van der Waals surface area contributed by atoms with Crippen LogP contribution in [0.1, 0.15) is 0 Å². The van der Waals surface area contributed by atoms with E-state index in [4.69, 9.17) is 0 Å². The highest BCUT2D eigenvalue weighted by Gasteiger charge is 2.03. The Morgan fingerprint density at radius 3 is 2.10 bits per heavy atom. The third-order valence-corrected chi connectivity index (χ3v) is 0.660. The van der Waals surface area contributed by atoms with Gasteiger partial charge in [-0.15, -0.1) is 12.4 Å². The molecule has 1 aromatic heterocycles. The molecule has 56 valence electrons. The van der Waals surface area contributed by atoms with Gasteiger partial charge in [-0.3, -0.25) is 0 Å². The molecule has 1 aromatic rings. The maximum atomic E-state index is 11.8. The summed E-state index contributed by atoms with van der Waals surface area (Å²) in [5.74, 6) is -4.04. The maximum Gasteiger partial charge on any atom is 0.271 e. The van der Waals surface area contributed by atoms with E-state index in [-0.39, 0.29) is 12.4 Å². The first-order valence-corrected chi connectivity index (χ1v) is 2.03. The molecule has 0 aliphatic carbocycles. The lowest BCUT2D eigenvalue weighted by molar-refractivity contribution is 0.421. The van der Waals surface area contributed by atoms with Crippen molar-refractivity contribution in [1.82, 2.24) is 9.97 Å². The number of halogens is 4. The first kappa shape index (κ1) is 9.16. The second-order valence-electron chi connectivity index (χ2n) is 1.27. The summed E-state index contributed by atoms with van der Waals surface area (Å²) in [4.78, 5) is 5.20. The second kappa shape index (κ2) is 3.36. The molecule has 0 unspecified atom stereocenters. The van der Waals surface area contributed by atoms with Crippen LogP contribution in [-0.4, -0.2) is 9.97 Å². The minimum absolute atomic E-state index is 0. The molecule has 0 saturated carbocycles. The lowest BCUT2D eigenvalue weighted by Crippen LogP contribution is -1.95. The lowest BCUT2D eigenvalue weighted by Gasteiger charge is -1.87. The third-order valence-electron chi connectivity index (χ3n) is 0.660. The van der Waals surface area contributed by atoms with Crippen molar-refractivity contribution in [3.8, 4) is 0 Å². The largest absolute Gasteiger partial charge is 0.271 e. The van der Waals surface area contributed by atoms with Gasteiger partial charge in [0, 0.05) is 0 Å². The smallest absolute Gasteiger partial charge is 0.219 e. The van der Waals surface area contributed by atoms with Gasteiger partial charge in [0.05, 0.1) is 6.20 Å². The Balaban J connectivity index is 0.000000810. The standard InChI is InChI=1S/C4HF3N2.ClH/c5-2-1-8-3(6)4(7)9-2;/h1H;1H. The average molecular weight is 171 g/mol. The van der Waals surface area contributed by atoms with Gasteiger partial charge in [0.15, 0.2) is 0 Å². The van der Waals surface area contributed by atoms with Gasteiger partial charge < -0.3 is 0 Å². The quantitative estimate of drug-likeness (QED) is 0.587. The Morgan fingerprint density at radius 1 is 1.10 bits per heavy atom. The molecule has 0 fully saturated rings. The molecule has 0 N–H and O–H groups in total. The highest BCUT2D eigenvalue weighted by molar-refractivity contribution is 5.85. The van der Waals surface area contributed by atoms with Gasteiger partial charge in [0.2, 0.25) is 5.95 Å². The van der Waals surface area contributed by atoms with Crippen LogP contribution < -0.4 is 0 Å². The van der Waals surface area contributed by atoms with Crippen LogP contribution in [0.4, 0.5) is 13.2 Å². The van der Waals surface area contributed by atoms with Crippen LogP contribution in [0.5, 0.6) is 0 Å². The zero-order valence-electron chi connectivity index (χ0n) is 4.51. The molecule has 0 saturated heterocycles. The van der Waals surface area contributed by atoms with Crippen LogP contribution in [0.3, 0.4) is 0 Å². The second-order valence-corrected chi connectivity index (χ2v) is 1.27. The number of rotatable bonds is 0. The predicted octanol–water partition coefficient (Wildman–Crippen LogP) is 1.32. The Labute approximate surface area is 60.5 Å². The first-order chi connectivity index (χ1) is 4.20. The van der Waals surface area contributed by atoms with Gasteiger partial charge in [-0.2, -0.15) is 18.2 Å². The van der Waals surface area contributed by atoms with Gasteiger partial charge in [-0.1, -0.05) is 0 Å². The molecular formula is C4H2ClF3N2. The minimum Gasteiger partial charge on any atom is -0.219 e. The summed E-state index contributed by atoms with van der Waals surface area (Å²) < 4.78 is 35.3. The molecule has 0 aromatic carbocycles. The van der Waals surface area contributed by atoms with E-state index in [9.17, 15) is 13.2 Å². The van der Waals surface area contributed by atoms with E-state index in [0.717, 1.165) is 0 Å². The summed E-state index contributed by atoms with van der Waals surface area (Å²) in [5.41, 5.74) is 0. The summed E-state index contributed by atoms with van der Waals surface area (Å²) >= 11 is 0. The third kappa shape index (κ3) is 1.84. The number of aromatic nitrogens is 2. The van der Waals surface area contributed by atoms with E-state index in [1.165, 1.54) is 0 Å². The van der Waals surface area contributed by atoms with Gasteiger partial charge >= 0.3 is 0 Å². The van der Waals surface area contributed by atoms with E-state index in [0.29, 0.717) is 6.20 Å². The van der Waals surface area contributed by atoms with Gasteiger partial charge in [-0.05, 0) is 0 Å². The van der Waals surface area contributed by atoms with Crippen molar-refractivity contribution in [2.75, 3.05) is 0 Å². The number of hydrogen-bond acceptors (Lipinski definition) is 2. The van der Waals surface area contributed by atoms with Crippen LogP contribution in [0.2, 0.25) is 0 Å².